The molecule has 0 aliphatic rings. The van der Waals surface area contributed by atoms with Crippen molar-refractivity contribution < 1.29 is 0 Å². The molecule has 0 amide bonds. The maximum atomic E-state index is 4.63. The van der Waals surface area contributed by atoms with Gasteiger partial charge >= 0.3 is 0 Å². The minimum absolute atomic E-state index is 0. The van der Waals surface area contributed by atoms with E-state index >= 15 is 0 Å². The van der Waals surface area contributed by atoms with Crippen LogP contribution in [0.1, 0.15) is 188 Å². The largest absolute Gasteiger partial charge is 0.257 e. The molecule has 0 atom stereocenters. The Hall–Kier alpha value is -3.54. The van der Waals surface area contributed by atoms with Crippen LogP contribution in [0.15, 0.2) is 0 Å². The van der Waals surface area contributed by atoms with Crippen molar-refractivity contribution in [2.45, 2.75) is 183 Å². The summed E-state index contributed by atoms with van der Waals surface area (Å²) in [5, 5.41) is 0. The van der Waals surface area contributed by atoms with Gasteiger partial charge in [0.15, 0.2) is 0 Å². The highest BCUT2D eigenvalue weighted by Crippen LogP contribution is 2.25. The van der Waals surface area contributed by atoms with Crippen LogP contribution in [-0.4, -0.2) is 29.9 Å². The molecule has 4 aromatic rings. The van der Waals surface area contributed by atoms with Crippen molar-refractivity contribution in [1.82, 2.24) is 29.9 Å². The topological polar surface area (TPSA) is 77.3 Å². The smallest absolute Gasteiger partial charge is 0.125 e. The number of nitrogens with zero attached hydrogens (tertiary/aromatic N) is 6. The summed E-state index contributed by atoms with van der Waals surface area (Å²) in [6.07, 6.45) is 0. The summed E-state index contributed by atoms with van der Waals surface area (Å²) in [4.78, 5) is 26.9. The van der Waals surface area contributed by atoms with E-state index in [-0.39, 0.29) is 7.43 Å². The molecule has 6 nitrogen and oxygen atoms in total. The van der Waals surface area contributed by atoms with Gasteiger partial charge in [0.1, 0.15) is 5.82 Å². The lowest BCUT2D eigenvalue weighted by molar-refractivity contribution is 0.779. The van der Waals surface area contributed by atoms with Crippen LogP contribution in [0.5, 0.6) is 0 Å². The lowest BCUT2D eigenvalue weighted by Crippen LogP contribution is -2.03. The molecule has 0 N–H and O–H groups in total. The molecule has 4 heterocycles. The zero-order valence-corrected chi connectivity index (χ0v) is 36.0. The normalized spacial score (nSPS) is 10.7. The van der Waals surface area contributed by atoms with Crippen molar-refractivity contribution in [3.63, 3.8) is 0 Å². The van der Waals surface area contributed by atoms with Crippen LogP contribution >= 0.6 is 0 Å². The van der Waals surface area contributed by atoms with Crippen LogP contribution in [-0.2, 0) is 0 Å². The first-order valence-electron chi connectivity index (χ1n) is 18.5. The SMILES string of the molecule is C.Cc1nc(C(C)C)c(C)c(C)c1C.Cc1nc(C(C)C)c(C)c(C)c1C.Cc1nc(C)c(C(C)C)nc1C.Cc1nc(C)c(C)c(C(C)C)n1. The molecule has 0 aliphatic carbocycles. The van der Waals surface area contributed by atoms with Crippen LogP contribution in [0.3, 0.4) is 0 Å². The highest BCUT2D eigenvalue weighted by Gasteiger charge is 2.13. The number of pyridine rings is 2. The van der Waals surface area contributed by atoms with Crippen LogP contribution in [0.4, 0.5) is 0 Å². The van der Waals surface area contributed by atoms with E-state index in [2.05, 4.69) is 148 Å². The van der Waals surface area contributed by atoms with Gasteiger partial charge in [0.05, 0.1) is 22.8 Å². The fourth-order valence-electron chi connectivity index (χ4n) is 5.95. The molecule has 4 rings (SSSR count). The minimum atomic E-state index is 0. The second-order valence-electron chi connectivity index (χ2n) is 15.3. The molecular formula is C45H74N6. The standard InChI is InChI=1S/2C12H19N.2C10H16N2.CH4/c2*1-7(2)12-10(5)8(3)9(4)11(6)13-12;1-6(2)10-9(5)11-7(3)8(4)12-10;1-6(2)10-7(3)8(4)11-9(5)12-10;/h2*7H,1-6H3;2*6H,1-5H3;1H4. The summed E-state index contributed by atoms with van der Waals surface area (Å²) in [5.41, 5.74) is 20.8. The second-order valence-corrected chi connectivity index (χ2v) is 15.3. The molecule has 0 aromatic carbocycles. The van der Waals surface area contributed by atoms with Crippen molar-refractivity contribution >= 4 is 0 Å². The van der Waals surface area contributed by atoms with E-state index < -0.39 is 0 Å². The first-order chi connectivity index (χ1) is 22.9. The van der Waals surface area contributed by atoms with Crippen molar-refractivity contribution in [1.29, 1.82) is 0 Å². The van der Waals surface area contributed by atoms with E-state index in [4.69, 9.17) is 0 Å². The fourth-order valence-corrected chi connectivity index (χ4v) is 5.95. The van der Waals surface area contributed by atoms with Crippen LogP contribution in [0.25, 0.3) is 0 Å². The summed E-state index contributed by atoms with van der Waals surface area (Å²) >= 11 is 0. The molecule has 0 saturated heterocycles. The first-order valence-corrected chi connectivity index (χ1v) is 18.5. The highest BCUT2D eigenvalue weighted by molar-refractivity contribution is 5.39. The molecule has 6 heteroatoms. The maximum Gasteiger partial charge on any atom is 0.125 e. The monoisotopic (exact) mass is 699 g/mol. The lowest BCUT2D eigenvalue weighted by Gasteiger charge is -2.15. The zero-order chi connectivity index (χ0) is 38.9. The molecule has 0 saturated carbocycles. The molecule has 0 unspecified atom stereocenters. The first kappa shape index (κ1) is 47.5. The van der Waals surface area contributed by atoms with Gasteiger partial charge in [0, 0.05) is 34.2 Å². The summed E-state index contributed by atoms with van der Waals surface area (Å²) in [6, 6.07) is 0. The van der Waals surface area contributed by atoms with E-state index in [1.54, 1.807) is 0 Å². The molecular weight excluding hydrogens is 625 g/mol. The number of rotatable bonds is 4. The molecule has 51 heavy (non-hydrogen) atoms. The summed E-state index contributed by atoms with van der Waals surface area (Å²) < 4.78 is 0. The van der Waals surface area contributed by atoms with E-state index in [0.29, 0.717) is 23.7 Å². The quantitative estimate of drug-likeness (QED) is 0.211. The Kier molecular flexibility index (Phi) is 19.1. The number of aryl methyl sites for hydroxylation is 7. The van der Waals surface area contributed by atoms with E-state index in [1.165, 1.54) is 67.4 Å². The Balaban J connectivity index is 0.000000650. The van der Waals surface area contributed by atoms with Gasteiger partial charge in [-0.25, -0.2) is 9.97 Å². The van der Waals surface area contributed by atoms with E-state index in [1.807, 2.05) is 34.6 Å². The number of aromatic nitrogens is 6. The maximum absolute atomic E-state index is 4.63. The van der Waals surface area contributed by atoms with Crippen molar-refractivity contribution in [2.24, 2.45) is 0 Å². The second kappa shape index (κ2) is 20.5. The molecule has 0 spiro atoms. The van der Waals surface area contributed by atoms with Crippen molar-refractivity contribution in [3.8, 4) is 0 Å². The Morgan fingerprint density at radius 2 is 0.549 bits per heavy atom. The average Bonchev–Trinajstić information content (AvgIpc) is 3.02. The highest BCUT2D eigenvalue weighted by atomic mass is 14.9. The molecule has 0 bridgehead atoms. The Morgan fingerprint density at radius 3 is 0.902 bits per heavy atom. The summed E-state index contributed by atoms with van der Waals surface area (Å²) in [6.45, 7) is 46.7. The van der Waals surface area contributed by atoms with Crippen molar-refractivity contribution in [2.75, 3.05) is 0 Å². The average molecular weight is 699 g/mol. The van der Waals surface area contributed by atoms with Crippen LogP contribution in [0.2, 0.25) is 0 Å². The van der Waals surface area contributed by atoms with Gasteiger partial charge in [-0.2, -0.15) is 0 Å². The molecule has 0 fully saturated rings. The van der Waals surface area contributed by atoms with Gasteiger partial charge in [-0.3, -0.25) is 19.9 Å². The summed E-state index contributed by atoms with van der Waals surface area (Å²) in [5.74, 6) is 2.89. The molecule has 284 valence electrons. The van der Waals surface area contributed by atoms with Gasteiger partial charge < -0.3 is 0 Å². The van der Waals surface area contributed by atoms with Crippen LogP contribution < -0.4 is 0 Å². The predicted molar refractivity (Wildman–Crippen MR) is 222 cm³/mol. The Labute approximate surface area is 314 Å². The van der Waals surface area contributed by atoms with E-state index in [9.17, 15) is 0 Å². The van der Waals surface area contributed by atoms with Crippen LogP contribution in [0, 0.1) is 96.9 Å². The molecule has 0 aliphatic heterocycles. The van der Waals surface area contributed by atoms with Gasteiger partial charge in [-0.1, -0.05) is 62.8 Å². The zero-order valence-electron chi connectivity index (χ0n) is 36.0. The number of hydrogen-bond donors (Lipinski definition) is 0. The fraction of sp³-hybridized carbons (Fsp3) is 0.600. The van der Waals surface area contributed by atoms with Gasteiger partial charge in [-0.05, 0) is 160 Å². The van der Waals surface area contributed by atoms with E-state index in [0.717, 1.165) is 34.3 Å². The van der Waals surface area contributed by atoms with Gasteiger partial charge in [-0.15, -0.1) is 0 Å². The molecule has 4 aromatic heterocycles. The Bertz CT molecular complexity index is 1680. The third-order valence-electron chi connectivity index (χ3n) is 9.92. The lowest BCUT2D eigenvalue weighted by atomic mass is 9.97. The van der Waals surface area contributed by atoms with Gasteiger partial charge in [0.2, 0.25) is 0 Å². The van der Waals surface area contributed by atoms with Crippen molar-refractivity contribution in [3.05, 3.63) is 102 Å². The molecule has 0 radical (unpaired) electrons. The van der Waals surface area contributed by atoms with Gasteiger partial charge in [0.25, 0.3) is 0 Å². The number of hydrogen-bond acceptors (Lipinski definition) is 6. The third-order valence-corrected chi connectivity index (χ3v) is 9.92. The Morgan fingerprint density at radius 1 is 0.255 bits per heavy atom. The third kappa shape index (κ3) is 12.9. The summed E-state index contributed by atoms with van der Waals surface area (Å²) in [7, 11) is 0. The predicted octanol–water partition coefficient (Wildman–Crippen LogP) is 12.6. The minimum Gasteiger partial charge on any atom is -0.257 e.